The number of carbonyl (C=O) groups excluding carboxylic acids is 2. The molecule has 0 fully saturated rings. The fourth-order valence-corrected chi connectivity index (χ4v) is 4.92. The molecule has 5 rings (SSSR count). The number of hydrogen-bond donors (Lipinski definition) is 2. The van der Waals surface area contributed by atoms with Crippen LogP contribution in [0.25, 0.3) is 22.0 Å². The van der Waals surface area contributed by atoms with Gasteiger partial charge in [-0.3, -0.25) is 4.79 Å². The zero-order valence-electron chi connectivity index (χ0n) is 21.9. The Balaban J connectivity index is 1.36. The van der Waals surface area contributed by atoms with Crippen molar-refractivity contribution >= 4 is 51.6 Å². The van der Waals surface area contributed by atoms with E-state index in [9.17, 15) is 9.59 Å². The molecular weight excluding hydrogens is 617 g/mol. The maximum atomic E-state index is 13.3. The van der Waals surface area contributed by atoms with E-state index in [4.69, 9.17) is 9.47 Å². The number of carbonyl (C=O) groups is 2. The monoisotopic (exact) mass is 643 g/mol. The number of halogens is 1. The Hall–Kier alpha value is -4.44. The summed E-state index contributed by atoms with van der Waals surface area (Å²) in [7, 11) is 0. The van der Waals surface area contributed by atoms with E-state index in [1.165, 1.54) is 6.21 Å². The molecule has 2 N–H and O–H groups in total. The third-order valence-electron chi connectivity index (χ3n) is 6.21. The van der Waals surface area contributed by atoms with Gasteiger partial charge < -0.3 is 14.5 Å². The molecular formula is C32H26IN3O4. The van der Waals surface area contributed by atoms with Crippen molar-refractivity contribution in [1.82, 2.24) is 10.4 Å². The van der Waals surface area contributed by atoms with Crippen molar-refractivity contribution in [2.24, 2.45) is 5.10 Å². The summed E-state index contributed by atoms with van der Waals surface area (Å²) >= 11 is 2.26. The number of rotatable bonds is 8. The average Bonchev–Trinajstić information content (AvgIpc) is 3.36. The highest BCUT2D eigenvalue weighted by Crippen LogP contribution is 2.34. The molecule has 200 valence electrons. The van der Waals surface area contributed by atoms with Gasteiger partial charge in [0.15, 0.2) is 11.5 Å². The molecule has 0 unspecified atom stereocenters. The molecule has 0 saturated heterocycles. The zero-order valence-corrected chi connectivity index (χ0v) is 24.1. The molecule has 0 aliphatic heterocycles. The lowest BCUT2D eigenvalue weighted by Crippen LogP contribution is -2.19. The molecule has 1 heterocycles. The highest BCUT2D eigenvalue weighted by Gasteiger charge is 2.20. The quantitative estimate of drug-likeness (QED) is 0.0619. The second-order valence-corrected chi connectivity index (χ2v) is 10.2. The van der Waals surface area contributed by atoms with Crippen molar-refractivity contribution in [3.63, 3.8) is 0 Å². The summed E-state index contributed by atoms with van der Waals surface area (Å²) in [5, 5.41) is 5.15. The Morgan fingerprint density at radius 1 is 0.950 bits per heavy atom. The molecule has 0 atom stereocenters. The Bertz CT molecular complexity index is 1710. The number of esters is 1. The molecule has 0 radical (unpaired) electrons. The molecule has 1 aromatic heterocycles. The number of nitrogens with one attached hydrogen (secondary N) is 2. The topological polar surface area (TPSA) is 92.8 Å². The lowest BCUT2D eigenvalue weighted by molar-refractivity contribution is 0.0728. The van der Waals surface area contributed by atoms with Crippen LogP contribution in [-0.4, -0.2) is 29.7 Å². The SMILES string of the molecule is CCOc1cc(C=NNC(=O)c2[nH]c3c(I)cccc3c2-c2ccccc2)ccc1OC(=O)c1ccc(C)cc1. The van der Waals surface area contributed by atoms with Crippen LogP contribution in [0.3, 0.4) is 0 Å². The molecule has 7 nitrogen and oxygen atoms in total. The standard InChI is InChI=1S/C32H26IN3O4/c1-3-39-27-18-21(14-17-26(27)40-32(38)23-15-12-20(2)13-16-23)19-34-36-31(37)30-28(22-8-5-4-6-9-22)24-10-7-11-25(33)29(24)35-30/h4-19,35H,3H2,1-2H3,(H,36,37). The van der Waals surface area contributed by atoms with Crippen molar-refractivity contribution in [3.05, 3.63) is 117 Å². The number of ether oxygens (including phenoxy) is 2. The second-order valence-electron chi connectivity index (χ2n) is 9.00. The van der Waals surface area contributed by atoms with Crippen molar-refractivity contribution in [2.45, 2.75) is 13.8 Å². The predicted octanol–water partition coefficient (Wildman–Crippen LogP) is 7.13. The maximum absolute atomic E-state index is 13.3. The van der Waals surface area contributed by atoms with Gasteiger partial charge in [-0.15, -0.1) is 0 Å². The highest BCUT2D eigenvalue weighted by atomic mass is 127. The first-order chi connectivity index (χ1) is 19.4. The van der Waals surface area contributed by atoms with Gasteiger partial charge in [-0.2, -0.15) is 5.10 Å². The lowest BCUT2D eigenvalue weighted by atomic mass is 10.0. The zero-order chi connectivity index (χ0) is 28.1. The fourth-order valence-electron chi connectivity index (χ4n) is 4.28. The van der Waals surface area contributed by atoms with Crippen LogP contribution in [0, 0.1) is 10.5 Å². The Morgan fingerprint density at radius 3 is 2.48 bits per heavy atom. The first-order valence-electron chi connectivity index (χ1n) is 12.7. The van der Waals surface area contributed by atoms with E-state index in [0.29, 0.717) is 34.9 Å². The Kier molecular flexibility index (Phi) is 8.26. The summed E-state index contributed by atoms with van der Waals surface area (Å²) in [6, 6.07) is 28.0. The summed E-state index contributed by atoms with van der Waals surface area (Å²) in [5.74, 6) is -0.142. The van der Waals surface area contributed by atoms with Crippen LogP contribution in [0.5, 0.6) is 11.5 Å². The number of aromatic nitrogens is 1. The number of nitrogens with zero attached hydrogens (tertiary/aromatic N) is 1. The highest BCUT2D eigenvalue weighted by molar-refractivity contribution is 14.1. The molecule has 0 aliphatic rings. The molecule has 40 heavy (non-hydrogen) atoms. The van der Waals surface area contributed by atoms with Crippen molar-refractivity contribution in [1.29, 1.82) is 0 Å². The first kappa shape index (κ1) is 27.1. The molecule has 8 heteroatoms. The van der Waals surface area contributed by atoms with Gasteiger partial charge in [0.1, 0.15) is 5.69 Å². The summed E-state index contributed by atoms with van der Waals surface area (Å²) in [5.41, 5.74) is 7.87. The van der Waals surface area contributed by atoms with Gasteiger partial charge in [0.05, 0.1) is 23.9 Å². The number of hydrogen-bond acceptors (Lipinski definition) is 5. The maximum Gasteiger partial charge on any atom is 0.343 e. The number of aromatic amines is 1. The first-order valence-corrected chi connectivity index (χ1v) is 13.8. The van der Waals surface area contributed by atoms with Crippen LogP contribution in [0.15, 0.2) is 96.1 Å². The summed E-state index contributed by atoms with van der Waals surface area (Å²) < 4.78 is 12.3. The van der Waals surface area contributed by atoms with Crippen LogP contribution in [0.1, 0.15) is 38.9 Å². The molecule has 1 amide bonds. The number of H-pyrrole nitrogens is 1. The number of aryl methyl sites for hydroxylation is 1. The molecule has 0 aliphatic carbocycles. The van der Waals surface area contributed by atoms with Crippen molar-refractivity contribution < 1.29 is 19.1 Å². The van der Waals surface area contributed by atoms with Crippen LogP contribution in [-0.2, 0) is 0 Å². The van der Waals surface area contributed by atoms with Crippen molar-refractivity contribution in [2.75, 3.05) is 6.61 Å². The summed E-state index contributed by atoms with van der Waals surface area (Å²) in [6.45, 7) is 4.18. The van der Waals surface area contributed by atoms with E-state index in [-0.39, 0.29) is 5.91 Å². The van der Waals surface area contributed by atoms with Gasteiger partial charge >= 0.3 is 5.97 Å². The van der Waals surface area contributed by atoms with Gasteiger partial charge in [-0.05, 0) is 84.0 Å². The van der Waals surface area contributed by atoms with Gasteiger partial charge in [-0.1, -0.05) is 60.2 Å². The lowest BCUT2D eigenvalue weighted by Gasteiger charge is -2.11. The van der Waals surface area contributed by atoms with E-state index in [0.717, 1.165) is 31.2 Å². The third-order valence-corrected chi connectivity index (χ3v) is 7.11. The summed E-state index contributed by atoms with van der Waals surface area (Å²) in [4.78, 5) is 29.2. The minimum atomic E-state index is -0.475. The number of hydrazone groups is 1. The number of para-hydroxylation sites is 1. The normalized spacial score (nSPS) is 11.1. The Labute approximate surface area is 245 Å². The van der Waals surface area contributed by atoms with Gasteiger partial charge in [-0.25, -0.2) is 10.2 Å². The number of fused-ring (bicyclic) bond motifs is 1. The van der Waals surface area contributed by atoms with Crippen LogP contribution in [0.4, 0.5) is 0 Å². The van der Waals surface area contributed by atoms with Gasteiger partial charge in [0.25, 0.3) is 5.91 Å². The smallest absolute Gasteiger partial charge is 0.343 e. The largest absolute Gasteiger partial charge is 0.490 e. The minimum Gasteiger partial charge on any atom is -0.490 e. The molecule has 0 saturated carbocycles. The molecule has 4 aromatic carbocycles. The van der Waals surface area contributed by atoms with Gasteiger partial charge in [0.2, 0.25) is 0 Å². The van der Waals surface area contributed by atoms with E-state index in [1.54, 1.807) is 30.3 Å². The summed E-state index contributed by atoms with van der Waals surface area (Å²) in [6.07, 6.45) is 1.51. The van der Waals surface area contributed by atoms with E-state index in [2.05, 4.69) is 38.1 Å². The third kappa shape index (κ3) is 5.91. The second kappa shape index (κ2) is 12.2. The van der Waals surface area contributed by atoms with Gasteiger partial charge in [0, 0.05) is 14.5 Å². The van der Waals surface area contributed by atoms with Crippen LogP contribution in [0.2, 0.25) is 0 Å². The van der Waals surface area contributed by atoms with E-state index < -0.39 is 5.97 Å². The average molecular weight is 643 g/mol. The molecule has 0 bridgehead atoms. The fraction of sp³-hybridized carbons (Fsp3) is 0.0938. The predicted molar refractivity (Wildman–Crippen MR) is 165 cm³/mol. The van der Waals surface area contributed by atoms with E-state index >= 15 is 0 Å². The van der Waals surface area contributed by atoms with Crippen molar-refractivity contribution in [3.8, 4) is 22.6 Å². The molecule has 5 aromatic rings. The van der Waals surface area contributed by atoms with E-state index in [1.807, 2.05) is 74.5 Å². The number of benzene rings is 4. The molecule has 0 spiro atoms. The van der Waals surface area contributed by atoms with Crippen LogP contribution < -0.4 is 14.9 Å². The Morgan fingerprint density at radius 2 is 1.73 bits per heavy atom. The minimum absolute atomic E-state index is 0.300. The van der Waals surface area contributed by atoms with Crippen LogP contribution >= 0.6 is 22.6 Å². The number of amides is 1.